The topological polar surface area (TPSA) is 59.0 Å². The van der Waals surface area contributed by atoms with E-state index in [0.29, 0.717) is 35.7 Å². The van der Waals surface area contributed by atoms with Gasteiger partial charge in [0, 0.05) is 6.54 Å². The van der Waals surface area contributed by atoms with Crippen LogP contribution in [0, 0.1) is 17.6 Å². The molecule has 3 aromatic carbocycles. The largest absolute Gasteiger partial charge is 0.494 e. The minimum absolute atomic E-state index is 0.0958. The molecule has 0 aliphatic carbocycles. The van der Waals surface area contributed by atoms with Crippen molar-refractivity contribution in [2.45, 2.75) is 31.8 Å². The maximum absolute atomic E-state index is 13.6. The Morgan fingerprint density at radius 2 is 1.57 bits per heavy atom. The lowest BCUT2D eigenvalue weighted by molar-refractivity contribution is -0.0147. The number of hydrogen-bond donors (Lipinski definition) is 1. The van der Waals surface area contributed by atoms with Crippen LogP contribution in [0.1, 0.15) is 47.7 Å². The summed E-state index contributed by atoms with van der Waals surface area (Å²) in [4.78, 5) is 14.2. The molecular formula is C30H33F2NO4. The van der Waals surface area contributed by atoms with E-state index in [9.17, 15) is 18.7 Å². The molecule has 1 aliphatic rings. The lowest BCUT2D eigenvalue weighted by Crippen LogP contribution is -2.44. The van der Waals surface area contributed by atoms with Gasteiger partial charge < -0.3 is 19.5 Å². The van der Waals surface area contributed by atoms with Gasteiger partial charge >= 0.3 is 5.97 Å². The summed E-state index contributed by atoms with van der Waals surface area (Å²) >= 11 is 0. The van der Waals surface area contributed by atoms with Crippen LogP contribution in [0.25, 0.3) is 0 Å². The summed E-state index contributed by atoms with van der Waals surface area (Å²) in [6.07, 6.45) is 2.30. The molecule has 0 unspecified atom stereocenters. The van der Waals surface area contributed by atoms with Gasteiger partial charge in [0.05, 0.1) is 18.8 Å². The lowest BCUT2D eigenvalue weighted by atomic mass is 9.72. The Morgan fingerprint density at radius 3 is 2.14 bits per heavy atom. The molecule has 1 aliphatic heterocycles. The molecule has 0 amide bonds. The molecule has 1 saturated heterocycles. The Balaban J connectivity index is 1.33. The number of aliphatic hydroxyl groups is 1. The van der Waals surface area contributed by atoms with Crippen LogP contribution >= 0.6 is 0 Å². The second-order valence-electron chi connectivity index (χ2n) is 9.35. The summed E-state index contributed by atoms with van der Waals surface area (Å²) < 4.78 is 38.1. The number of ether oxygens (including phenoxy) is 2. The van der Waals surface area contributed by atoms with Gasteiger partial charge in [-0.2, -0.15) is 0 Å². The third-order valence-electron chi connectivity index (χ3n) is 6.98. The molecule has 0 radical (unpaired) electrons. The quantitative estimate of drug-likeness (QED) is 0.287. The molecule has 0 atom stereocenters. The van der Waals surface area contributed by atoms with Gasteiger partial charge in [-0.3, -0.25) is 0 Å². The average Bonchev–Trinajstić information content (AvgIpc) is 2.92. The number of nitrogens with zero attached hydrogens (tertiary/aromatic N) is 1. The van der Waals surface area contributed by atoms with Crippen molar-refractivity contribution < 1.29 is 28.2 Å². The molecule has 3 aromatic rings. The highest BCUT2D eigenvalue weighted by molar-refractivity contribution is 5.89. The zero-order valence-corrected chi connectivity index (χ0v) is 21.0. The van der Waals surface area contributed by atoms with Crippen LogP contribution in [0.15, 0.2) is 72.8 Å². The first-order valence-corrected chi connectivity index (χ1v) is 12.8. The van der Waals surface area contributed by atoms with Crippen LogP contribution in [0.5, 0.6) is 5.75 Å². The van der Waals surface area contributed by atoms with E-state index in [-0.39, 0.29) is 23.5 Å². The van der Waals surface area contributed by atoms with E-state index in [2.05, 4.69) is 4.90 Å². The van der Waals surface area contributed by atoms with Gasteiger partial charge in [0.25, 0.3) is 0 Å². The zero-order chi connectivity index (χ0) is 26.3. The van der Waals surface area contributed by atoms with Gasteiger partial charge in [-0.25, -0.2) is 13.6 Å². The monoisotopic (exact) mass is 509 g/mol. The second-order valence-corrected chi connectivity index (χ2v) is 9.35. The first-order chi connectivity index (χ1) is 17.9. The highest BCUT2D eigenvalue weighted by Gasteiger charge is 2.41. The van der Waals surface area contributed by atoms with Crippen molar-refractivity contribution >= 4 is 5.97 Å². The van der Waals surface area contributed by atoms with Gasteiger partial charge in [-0.15, -0.1) is 0 Å². The van der Waals surface area contributed by atoms with E-state index < -0.39 is 5.60 Å². The molecule has 7 heteroatoms. The summed E-state index contributed by atoms with van der Waals surface area (Å²) in [6.45, 7) is 5.05. The van der Waals surface area contributed by atoms with Crippen molar-refractivity contribution in [3.63, 3.8) is 0 Å². The molecule has 5 nitrogen and oxygen atoms in total. The maximum Gasteiger partial charge on any atom is 0.338 e. The number of esters is 1. The standard InChI is InChI=1S/C30H33F2NO4/c1-2-36-29(34)22-5-3-6-28(21-22)37-20-4-17-33-18-15-25(16-19-33)30(35,23-7-11-26(31)12-8-23)24-9-13-27(32)14-10-24/h3,5-14,21,25,35H,2,4,15-20H2,1H3. The molecule has 37 heavy (non-hydrogen) atoms. The van der Waals surface area contributed by atoms with Gasteiger partial charge in [-0.1, -0.05) is 30.3 Å². The molecular weight excluding hydrogens is 476 g/mol. The maximum atomic E-state index is 13.6. The smallest absolute Gasteiger partial charge is 0.338 e. The molecule has 0 bridgehead atoms. The minimum Gasteiger partial charge on any atom is -0.494 e. The van der Waals surface area contributed by atoms with Crippen molar-refractivity contribution in [3.8, 4) is 5.75 Å². The molecule has 196 valence electrons. The third-order valence-corrected chi connectivity index (χ3v) is 6.98. The van der Waals surface area contributed by atoms with E-state index >= 15 is 0 Å². The number of piperidine rings is 1. The van der Waals surface area contributed by atoms with E-state index in [4.69, 9.17) is 9.47 Å². The number of carbonyl (C=O) groups excluding carboxylic acids is 1. The van der Waals surface area contributed by atoms with E-state index in [0.717, 1.165) is 38.9 Å². The molecule has 1 heterocycles. The van der Waals surface area contributed by atoms with Crippen molar-refractivity contribution in [2.24, 2.45) is 5.92 Å². The first kappa shape index (κ1) is 26.8. The van der Waals surface area contributed by atoms with Crippen molar-refractivity contribution in [3.05, 3.63) is 101 Å². The van der Waals surface area contributed by atoms with Crippen LogP contribution in [0.4, 0.5) is 8.78 Å². The molecule has 0 spiro atoms. The lowest BCUT2D eigenvalue weighted by Gasteiger charge is -2.42. The van der Waals surface area contributed by atoms with Crippen LogP contribution in [0.2, 0.25) is 0 Å². The van der Waals surface area contributed by atoms with Crippen LogP contribution in [-0.2, 0) is 10.3 Å². The number of rotatable bonds is 10. The highest BCUT2D eigenvalue weighted by Crippen LogP contribution is 2.42. The summed E-state index contributed by atoms with van der Waals surface area (Å²) in [7, 11) is 0. The molecule has 1 fully saturated rings. The zero-order valence-electron chi connectivity index (χ0n) is 21.0. The number of hydrogen-bond acceptors (Lipinski definition) is 5. The van der Waals surface area contributed by atoms with E-state index in [1.54, 1.807) is 49.4 Å². The fourth-order valence-corrected chi connectivity index (χ4v) is 5.03. The summed E-state index contributed by atoms with van der Waals surface area (Å²) in [5.41, 5.74) is 0.353. The van der Waals surface area contributed by atoms with E-state index in [1.807, 2.05) is 6.07 Å². The van der Waals surface area contributed by atoms with Gasteiger partial charge in [-0.05, 0) is 98.8 Å². The van der Waals surface area contributed by atoms with Crippen LogP contribution in [0.3, 0.4) is 0 Å². The Labute approximate surface area is 216 Å². The second kappa shape index (κ2) is 12.3. The molecule has 0 saturated carbocycles. The Kier molecular flexibility index (Phi) is 8.90. The number of benzene rings is 3. The minimum atomic E-state index is -1.33. The fourth-order valence-electron chi connectivity index (χ4n) is 5.03. The molecule has 4 rings (SSSR count). The SMILES string of the molecule is CCOC(=O)c1cccc(OCCCN2CCC(C(O)(c3ccc(F)cc3)c3ccc(F)cc3)CC2)c1. The number of likely N-dealkylation sites (tertiary alicyclic amines) is 1. The molecule has 1 N–H and O–H groups in total. The Hall–Kier alpha value is -3.29. The van der Waals surface area contributed by atoms with Gasteiger partial charge in [0.1, 0.15) is 23.0 Å². The van der Waals surface area contributed by atoms with Crippen molar-refractivity contribution in [1.82, 2.24) is 4.90 Å². The Morgan fingerprint density at radius 1 is 0.973 bits per heavy atom. The fraction of sp³-hybridized carbons (Fsp3) is 0.367. The predicted molar refractivity (Wildman–Crippen MR) is 137 cm³/mol. The number of halogens is 2. The average molecular weight is 510 g/mol. The summed E-state index contributed by atoms with van der Waals surface area (Å²) in [5, 5.41) is 12.0. The van der Waals surface area contributed by atoms with E-state index in [1.165, 1.54) is 24.3 Å². The first-order valence-electron chi connectivity index (χ1n) is 12.8. The van der Waals surface area contributed by atoms with Crippen molar-refractivity contribution in [1.29, 1.82) is 0 Å². The highest BCUT2D eigenvalue weighted by atomic mass is 19.1. The number of carbonyl (C=O) groups is 1. The Bertz CT molecular complexity index is 1110. The van der Waals surface area contributed by atoms with Crippen molar-refractivity contribution in [2.75, 3.05) is 32.8 Å². The third kappa shape index (κ3) is 6.53. The molecule has 0 aromatic heterocycles. The predicted octanol–water partition coefficient (Wildman–Crippen LogP) is 5.56. The normalized spacial score (nSPS) is 14.9. The van der Waals surface area contributed by atoms with Crippen LogP contribution in [-0.4, -0.2) is 48.8 Å². The van der Waals surface area contributed by atoms with Crippen LogP contribution < -0.4 is 4.74 Å². The van der Waals surface area contributed by atoms with Gasteiger partial charge in [0.2, 0.25) is 0 Å². The van der Waals surface area contributed by atoms with Gasteiger partial charge in [0.15, 0.2) is 0 Å². The summed E-state index contributed by atoms with van der Waals surface area (Å²) in [6, 6.07) is 18.8. The summed E-state index contributed by atoms with van der Waals surface area (Å²) in [5.74, 6) is -0.559.